The number of rotatable bonds is 6. The molecule has 1 aromatic rings. The van der Waals surface area contributed by atoms with E-state index in [0.29, 0.717) is 19.2 Å². The highest BCUT2D eigenvalue weighted by atomic mass is 16.5. The van der Waals surface area contributed by atoms with Gasteiger partial charge in [-0.2, -0.15) is 0 Å². The van der Waals surface area contributed by atoms with Crippen LogP contribution < -0.4 is 10.6 Å². The van der Waals surface area contributed by atoms with Crippen molar-refractivity contribution in [1.29, 1.82) is 0 Å². The molecule has 0 bridgehead atoms. The molecule has 0 atom stereocenters. The second-order valence-electron chi connectivity index (χ2n) is 5.28. The molecule has 0 aromatic heterocycles. The predicted molar refractivity (Wildman–Crippen MR) is 79.5 cm³/mol. The van der Waals surface area contributed by atoms with Crippen LogP contribution in [0.1, 0.15) is 37.7 Å². The highest BCUT2D eigenvalue weighted by molar-refractivity contribution is 5.67. The zero-order valence-corrected chi connectivity index (χ0v) is 11.9. The second kappa shape index (κ2) is 8.59. The molecule has 1 amide bonds. The van der Waals surface area contributed by atoms with Crippen molar-refractivity contribution in [1.82, 2.24) is 10.6 Å². The van der Waals surface area contributed by atoms with Crippen LogP contribution in [0.25, 0.3) is 0 Å². The number of carbonyl (C=O) groups excluding carboxylic acids is 1. The van der Waals surface area contributed by atoms with Crippen molar-refractivity contribution in [3.8, 4) is 0 Å². The van der Waals surface area contributed by atoms with Gasteiger partial charge >= 0.3 is 6.09 Å². The average Bonchev–Trinajstić information content (AvgIpc) is 2.52. The molecule has 110 valence electrons. The minimum atomic E-state index is -0.348. The van der Waals surface area contributed by atoms with Gasteiger partial charge in [-0.15, -0.1) is 0 Å². The van der Waals surface area contributed by atoms with Crippen LogP contribution >= 0.6 is 0 Å². The van der Waals surface area contributed by atoms with Gasteiger partial charge < -0.3 is 15.4 Å². The molecule has 0 spiro atoms. The summed E-state index contributed by atoms with van der Waals surface area (Å²) in [5.74, 6) is 0. The Kier molecular flexibility index (Phi) is 6.38. The molecule has 1 saturated carbocycles. The molecule has 0 unspecified atom stereocenters. The Bertz CT molecular complexity index is 389. The lowest BCUT2D eigenvalue weighted by molar-refractivity contribution is 0.139. The Morgan fingerprint density at radius 2 is 1.85 bits per heavy atom. The van der Waals surface area contributed by atoms with Crippen LogP contribution in [-0.4, -0.2) is 25.2 Å². The van der Waals surface area contributed by atoms with Crippen LogP contribution in [0.15, 0.2) is 30.3 Å². The van der Waals surface area contributed by atoms with E-state index in [-0.39, 0.29) is 6.09 Å². The number of amides is 1. The normalized spacial score (nSPS) is 15.8. The van der Waals surface area contributed by atoms with Crippen molar-refractivity contribution in [3.05, 3.63) is 35.9 Å². The van der Waals surface area contributed by atoms with Gasteiger partial charge in [0.05, 0.1) is 0 Å². The fourth-order valence-corrected chi connectivity index (χ4v) is 2.52. The molecule has 1 aliphatic carbocycles. The highest BCUT2D eigenvalue weighted by Crippen LogP contribution is 2.16. The molecule has 0 aliphatic heterocycles. The van der Waals surface area contributed by atoms with Crippen LogP contribution in [0.3, 0.4) is 0 Å². The van der Waals surface area contributed by atoms with Gasteiger partial charge in [0, 0.05) is 19.1 Å². The first-order valence-electron chi connectivity index (χ1n) is 7.52. The molecule has 0 saturated heterocycles. The third-order valence-corrected chi connectivity index (χ3v) is 3.65. The monoisotopic (exact) mass is 276 g/mol. The van der Waals surface area contributed by atoms with Crippen LogP contribution in [-0.2, 0) is 11.3 Å². The number of hydrogen-bond acceptors (Lipinski definition) is 3. The summed E-state index contributed by atoms with van der Waals surface area (Å²) in [7, 11) is 0. The minimum Gasteiger partial charge on any atom is -0.445 e. The van der Waals surface area contributed by atoms with E-state index in [4.69, 9.17) is 4.74 Å². The van der Waals surface area contributed by atoms with Gasteiger partial charge in [-0.05, 0) is 18.4 Å². The van der Waals surface area contributed by atoms with Crippen LogP contribution in [0, 0.1) is 0 Å². The molecule has 1 aliphatic rings. The smallest absolute Gasteiger partial charge is 0.407 e. The molecule has 0 heterocycles. The van der Waals surface area contributed by atoms with Crippen molar-refractivity contribution in [2.24, 2.45) is 0 Å². The first kappa shape index (κ1) is 14.9. The van der Waals surface area contributed by atoms with Crippen molar-refractivity contribution < 1.29 is 9.53 Å². The lowest BCUT2D eigenvalue weighted by Crippen LogP contribution is -2.38. The number of benzene rings is 1. The summed E-state index contributed by atoms with van der Waals surface area (Å²) < 4.78 is 5.14. The van der Waals surface area contributed by atoms with E-state index >= 15 is 0 Å². The number of alkyl carbamates (subject to hydrolysis) is 1. The Balaban J connectivity index is 1.51. The maximum atomic E-state index is 11.5. The molecular weight excluding hydrogens is 252 g/mol. The van der Waals surface area contributed by atoms with E-state index in [9.17, 15) is 4.79 Å². The van der Waals surface area contributed by atoms with Crippen molar-refractivity contribution in [3.63, 3.8) is 0 Å². The van der Waals surface area contributed by atoms with Crippen LogP contribution in [0.2, 0.25) is 0 Å². The first-order valence-corrected chi connectivity index (χ1v) is 7.52. The molecule has 4 nitrogen and oxygen atoms in total. The Labute approximate surface area is 120 Å². The third-order valence-electron chi connectivity index (χ3n) is 3.65. The van der Waals surface area contributed by atoms with Gasteiger partial charge in [-0.25, -0.2) is 4.79 Å². The molecule has 1 fully saturated rings. The largest absolute Gasteiger partial charge is 0.445 e. The zero-order valence-electron chi connectivity index (χ0n) is 11.9. The van der Waals surface area contributed by atoms with Crippen molar-refractivity contribution in [2.45, 2.75) is 44.8 Å². The van der Waals surface area contributed by atoms with Gasteiger partial charge in [-0.1, -0.05) is 49.6 Å². The summed E-state index contributed by atoms with van der Waals surface area (Å²) in [5, 5.41) is 6.25. The van der Waals surface area contributed by atoms with E-state index < -0.39 is 0 Å². The summed E-state index contributed by atoms with van der Waals surface area (Å²) in [6, 6.07) is 10.3. The lowest BCUT2D eigenvalue weighted by Gasteiger charge is -2.22. The number of hydrogen-bond donors (Lipinski definition) is 2. The number of carbonyl (C=O) groups is 1. The molecule has 20 heavy (non-hydrogen) atoms. The van der Waals surface area contributed by atoms with Crippen molar-refractivity contribution >= 4 is 6.09 Å². The fraction of sp³-hybridized carbons (Fsp3) is 0.562. The second-order valence-corrected chi connectivity index (χ2v) is 5.28. The van der Waals surface area contributed by atoms with E-state index in [0.717, 1.165) is 12.1 Å². The minimum absolute atomic E-state index is 0.322. The van der Waals surface area contributed by atoms with E-state index in [1.54, 1.807) is 0 Å². The summed E-state index contributed by atoms with van der Waals surface area (Å²) in [6.45, 7) is 1.75. The first-order chi connectivity index (χ1) is 9.84. The average molecular weight is 276 g/mol. The molecule has 2 rings (SSSR count). The van der Waals surface area contributed by atoms with Gasteiger partial charge in [0.25, 0.3) is 0 Å². The maximum absolute atomic E-state index is 11.5. The predicted octanol–water partition coefficient (Wildman–Crippen LogP) is 2.84. The molecule has 2 N–H and O–H groups in total. The maximum Gasteiger partial charge on any atom is 0.407 e. The van der Waals surface area contributed by atoms with Gasteiger partial charge in [0.1, 0.15) is 6.61 Å². The summed E-state index contributed by atoms with van der Waals surface area (Å²) in [4.78, 5) is 11.5. The third kappa shape index (κ3) is 5.61. The standard InChI is InChI=1S/C16H24N2O2/c19-16(20-13-14-7-3-1-4-8-14)18-12-11-17-15-9-5-2-6-10-15/h1,3-4,7-8,15,17H,2,5-6,9-13H2,(H,18,19). The van der Waals surface area contributed by atoms with Gasteiger partial charge in [0.2, 0.25) is 0 Å². The SMILES string of the molecule is O=C(NCCNC1CCCCC1)OCc1ccccc1. The Morgan fingerprint density at radius 3 is 2.60 bits per heavy atom. The van der Waals surface area contributed by atoms with Gasteiger partial charge in [-0.3, -0.25) is 0 Å². The molecule has 0 radical (unpaired) electrons. The van der Waals surface area contributed by atoms with Crippen LogP contribution in [0.4, 0.5) is 4.79 Å². The van der Waals surface area contributed by atoms with E-state index in [2.05, 4.69) is 10.6 Å². The van der Waals surface area contributed by atoms with E-state index in [1.807, 2.05) is 30.3 Å². The van der Waals surface area contributed by atoms with Crippen molar-refractivity contribution in [2.75, 3.05) is 13.1 Å². The summed E-state index contributed by atoms with van der Waals surface area (Å²) in [5.41, 5.74) is 1.00. The van der Waals surface area contributed by atoms with E-state index in [1.165, 1.54) is 32.1 Å². The number of nitrogens with one attached hydrogen (secondary N) is 2. The Morgan fingerprint density at radius 1 is 1.10 bits per heavy atom. The molecule has 1 aromatic carbocycles. The zero-order chi connectivity index (χ0) is 14.0. The summed E-state index contributed by atoms with van der Waals surface area (Å²) >= 11 is 0. The van der Waals surface area contributed by atoms with Crippen LogP contribution in [0.5, 0.6) is 0 Å². The Hall–Kier alpha value is -1.55. The topological polar surface area (TPSA) is 50.4 Å². The number of ether oxygens (including phenoxy) is 1. The van der Waals surface area contributed by atoms with Gasteiger partial charge in [0.15, 0.2) is 0 Å². The fourth-order valence-electron chi connectivity index (χ4n) is 2.52. The summed E-state index contributed by atoms with van der Waals surface area (Å²) in [6.07, 6.45) is 6.19. The highest BCUT2D eigenvalue weighted by Gasteiger charge is 2.12. The molecule has 4 heteroatoms. The quantitative estimate of drug-likeness (QED) is 0.786. The molecular formula is C16H24N2O2. The lowest BCUT2D eigenvalue weighted by atomic mass is 9.95.